The molecule has 76 valence electrons. The summed E-state index contributed by atoms with van der Waals surface area (Å²) >= 11 is 4.82. The number of amides is 1. The summed E-state index contributed by atoms with van der Waals surface area (Å²) in [5, 5.41) is 0. The van der Waals surface area contributed by atoms with Gasteiger partial charge in [0.1, 0.15) is 0 Å². The molecule has 0 saturated carbocycles. The van der Waals surface area contributed by atoms with Crippen LogP contribution >= 0.6 is 12.2 Å². The number of rotatable bonds is 4. The number of hydrogen-bond donors (Lipinski definition) is 1. The third-order valence-corrected chi connectivity index (χ3v) is 2.72. The molecule has 2 unspecified atom stereocenters. The molecule has 4 heteroatoms. The number of hydrogen-bond acceptors (Lipinski definition) is 2. The van der Waals surface area contributed by atoms with E-state index < -0.39 is 0 Å². The van der Waals surface area contributed by atoms with Crippen molar-refractivity contribution in [1.29, 1.82) is 0 Å². The zero-order chi connectivity index (χ0) is 10.6. The van der Waals surface area contributed by atoms with E-state index in [1.807, 2.05) is 20.8 Å². The van der Waals surface area contributed by atoms with Gasteiger partial charge in [-0.3, -0.25) is 4.79 Å². The van der Waals surface area contributed by atoms with Gasteiger partial charge in [0.15, 0.2) is 0 Å². The predicted molar refractivity (Wildman–Crippen MR) is 58.5 cm³/mol. The van der Waals surface area contributed by atoms with Crippen LogP contribution in [0.3, 0.4) is 0 Å². The molecule has 0 aliphatic rings. The van der Waals surface area contributed by atoms with E-state index in [0.29, 0.717) is 4.99 Å². The lowest BCUT2D eigenvalue weighted by Crippen LogP contribution is -2.44. The average molecular weight is 202 g/mol. The molecule has 0 radical (unpaired) electrons. The van der Waals surface area contributed by atoms with Crippen molar-refractivity contribution in [3.05, 3.63) is 0 Å². The van der Waals surface area contributed by atoms with Crippen LogP contribution in [0.1, 0.15) is 27.2 Å². The van der Waals surface area contributed by atoms with E-state index in [0.717, 1.165) is 6.42 Å². The number of carbonyl (C=O) groups excluding carboxylic acids is 1. The van der Waals surface area contributed by atoms with E-state index in [-0.39, 0.29) is 17.9 Å². The van der Waals surface area contributed by atoms with Crippen molar-refractivity contribution < 1.29 is 4.79 Å². The highest BCUT2D eigenvalue weighted by Crippen LogP contribution is 2.08. The third-order valence-electron chi connectivity index (χ3n) is 2.37. The van der Waals surface area contributed by atoms with Crippen molar-refractivity contribution in [2.24, 2.45) is 11.7 Å². The molecule has 0 spiro atoms. The fourth-order valence-electron chi connectivity index (χ4n) is 0.904. The summed E-state index contributed by atoms with van der Waals surface area (Å²) in [4.78, 5) is 13.6. The van der Waals surface area contributed by atoms with Crippen LogP contribution in [0.15, 0.2) is 0 Å². The minimum Gasteiger partial charge on any atom is -0.392 e. The van der Waals surface area contributed by atoms with E-state index in [9.17, 15) is 4.79 Å². The smallest absolute Gasteiger partial charge is 0.225 e. The Labute approximate surface area is 85.3 Å². The summed E-state index contributed by atoms with van der Waals surface area (Å²) in [5.74, 6) is 0.143. The summed E-state index contributed by atoms with van der Waals surface area (Å²) in [6, 6.07) is -0.156. The van der Waals surface area contributed by atoms with Crippen molar-refractivity contribution in [2.45, 2.75) is 33.2 Å². The van der Waals surface area contributed by atoms with Gasteiger partial charge in [-0.15, -0.1) is 0 Å². The van der Waals surface area contributed by atoms with Gasteiger partial charge in [-0.25, -0.2) is 0 Å². The fraction of sp³-hybridized carbons (Fsp3) is 0.778. The Morgan fingerprint density at radius 2 is 2.00 bits per heavy atom. The van der Waals surface area contributed by atoms with Gasteiger partial charge in [-0.2, -0.15) is 0 Å². The zero-order valence-corrected chi connectivity index (χ0v) is 9.52. The van der Waals surface area contributed by atoms with Crippen LogP contribution in [-0.2, 0) is 4.79 Å². The number of carbonyl (C=O) groups is 1. The highest BCUT2D eigenvalue weighted by molar-refractivity contribution is 7.80. The van der Waals surface area contributed by atoms with Crippen molar-refractivity contribution in [2.75, 3.05) is 7.05 Å². The minimum atomic E-state index is -0.156. The SMILES string of the molecule is CCC(C)C(=O)N(C)C(C)C(N)=S. The highest BCUT2D eigenvalue weighted by atomic mass is 32.1. The van der Waals surface area contributed by atoms with Gasteiger partial charge in [0, 0.05) is 13.0 Å². The lowest BCUT2D eigenvalue weighted by Gasteiger charge is -2.26. The molecule has 2 N–H and O–H groups in total. The quantitative estimate of drug-likeness (QED) is 0.696. The maximum absolute atomic E-state index is 11.6. The first-order valence-corrected chi connectivity index (χ1v) is 4.88. The van der Waals surface area contributed by atoms with E-state index in [2.05, 4.69) is 0 Å². The Kier molecular flexibility index (Phi) is 4.91. The topological polar surface area (TPSA) is 46.3 Å². The second-order valence-electron chi connectivity index (χ2n) is 3.34. The number of likely N-dealkylation sites (N-methyl/N-ethyl adjacent to an activating group) is 1. The third kappa shape index (κ3) is 3.30. The highest BCUT2D eigenvalue weighted by Gasteiger charge is 2.21. The average Bonchev–Trinajstić information content (AvgIpc) is 2.12. The summed E-state index contributed by atoms with van der Waals surface area (Å²) in [6.45, 7) is 5.73. The molecular weight excluding hydrogens is 184 g/mol. The van der Waals surface area contributed by atoms with E-state index in [4.69, 9.17) is 18.0 Å². The fourth-order valence-corrected chi connectivity index (χ4v) is 1.06. The number of nitrogens with zero attached hydrogens (tertiary/aromatic N) is 1. The maximum Gasteiger partial charge on any atom is 0.225 e. The Morgan fingerprint density at radius 3 is 2.31 bits per heavy atom. The molecule has 0 aromatic heterocycles. The second-order valence-corrected chi connectivity index (χ2v) is 3.81. The molecular formula is C9H18N2OS. The van der Waals surface area contributed by atoms with Gasteiger partial charge in [0.2, 0.25) is 5.91 Å². The molecule has 0 fully saturated rings. The first-order chi connectivity index (χ1) is 5.91. The van der Waals surface area contributed by atoms with Gasteiger partial charge in [0.25, 0.3) is 0 Å². The van der Waals surface area contributed by atoms with Crippen LogP contribution in [0.5, 0.6) is 0 Å². The number of thiocarbonyl (C=S) groups is 1. The number of nitrogens with two attached hydrogens (primary N) is 1. The Balaban J connectivity index is 4.33. The van der Waals surface area contributed by atoms with Crippen molar-refractivity contribution in [3.8, 4) is 0 Å². The van der Waals surface area contributed by atoms with Crippen LogP contribution in [0.2, 0.25) is 0 Å². The summed E-state index contributed by atoms with van der Waals surface area (Å²) in [6.07, 6.45) is 0.841. The Morgan fingerprint density at radius 1 is 1.54 bits per heavy atom. The molecule has 0 saturated heterocycles. The Hall–Kier alpha value is -0.640. The van der Waals surface area contributed by atoms with Crippen LogP contribution in [0.25, 0.3) is 0 Å². The van der Waals surface area contributed by atoms with Gasteiger partial charge in [-0.05, 0) is 13.3 Å². The van der Waals surface area contributed by atoms with Crippen LogP contribution in [0, 0.1) is 5.92 Å². The van der Waals surface area contributed by atoms with Gasteiger partial charge >= 0.3 is 0 Å². The Bertz CT molecular complexity index is 206. The normalized spacial score (nSPS) is 14.8. The predicted octanol–water partition coefficient (Wildman–Crippen LogP) is 1.17. The van der Waals surface area contributed by atoms with Crippen molar-refractivity contribution in [1.82, 2.24) is 4.90 Å². The summed E-state index contributed by atoms with van der Waals surface area (Å²) in [5.41, 5.74) is 5.45. The van der Waals surface area contributed by atoms with Crippen molar-refractivity contribution >= 4 is 23.1 Å². The van der Waals surface area contributed by atoms with E-state index in [1.54, 1.807) is 11.9 Å². The first-order valence-electron chi connectivity index (χ1n) is 4.47. The zero-order valence-electron chi connectivity index (χ0n) is 8.70. The van der Waals surface area contributed by atoms with Crippen LogP contribution in [-0.4, -0.2) is 28.9 Å². The molecule has 3 nitrogen and oxygen atoms in total. The molecule has 0 heterocycles. The molecule has 0 aromatic carbocycles. The lowest BCUT2D eigenvalue weighted by molar-refractivity contribution is -0.134. The first kappa shape index (κ1) is 12.4. The maximum atomic E-state index is 11.6. The monoisotopic (exact) mass is 202 g/mol. The van der Waals surface area contributed by atoms with Gasteiger partial charge in [0.05, 0.1) is 11.0 Å². The standard InChI is InChI=1S/C9H18N2OS/c1-5-6(2)9(12)11(4)7(3)8(10)13/h6-7H,5H2,1-4H3,(H2,10,13). The van der Waals surface area contributed by atoms with Gasteiger partial charge in [-0.1, -0.05) is 26.1 Å². The molecule has 2 atom stereocenters. The lowest BCUT2D eigenvalue weighted by atomic mass is 10.1. The van der Waals surface area contributed by atoms with E-state index >= 15 is 0 Å². The minimum absolute atomic E-state index is 0.0433. The van der Waals surface area contributed by atoms with Crippen LogP contribution < -0.4 is 5.73 Å². The van der Waals surface area contributed by atoms with Gasteiger partial charge < -0.3 is 10.6 Å². The summed E-state index contributed by atoms with van der Waals surface area (Å²) < 4.78 is 0. The largest absolute Gasteiger partial charge is 0.392 e. The molecule has 0 aliphatic heterocycles. The van der Waals surface area contributed by atoms with Crippen LogP contribution in [0.4, 0.5) is 0 Å². The molecule has 0 aliphatic carbocycles. The molecule has 0 aromatic rings. The van der Waals surface area contributed by atoms with Crippen molar-refractivity contribution in [3.63, 3.8) is 0 Å². The van der Waals surface area contributed by atoms with E-state index in [1.165, 1.54) is 0 Å². The molecule has 0 rings (SSSR count). The molecule has 13 heavy (non-hydrogen) atoms. The summed E-state index contributed by atoms with van der Waals surface area (Å²) in [7, 11) is 1.73. The molecule has 1 amide bonds. The second kappa shape index (κ2) is 5.17. The molecule has 0 bridgehead atoms.